The maximum Gasteiger partial charge on any atom is 0.255 e. The van der Waals surface area contributed by atoms with Crippen LogP contribution in [0, 0.1) is 0 Å². The number of carbonyl (C=O) groups is 1. The van der Waals surface area contributed by atoms with E-state index in [0.717, 1.165) is 24.5 Å². The van der Waals surface area contributed by atoms with E-state index in [1.165, 1.54) is 0 Å². The maximum absolute atomic E-state index is 12.7. The number of halogens is 2. The number of rotatable bonds is 3. The summed E-state index contributed by atoms with van der Waals surface area (Å²) in [4.78, 5) is 16.7. The van der Waals surface area contributed by atoms with Crippen LogP contribution >= 0.6 is 23.2 Å². The summed E-state index contributed by atoms with van der Waals surface area (Å²) in [6.45, 7) is 2.76. The third kappa shape index (κ3) is 3.45. The predicted molar refractivity (Wildman–Crippen MR) is 97.6 cm³/mol. The molecule has 1 amide bonds. The molecule has 0 radical (unpaired) electrons. The van der Waals surface area contributed by atoms with E-state index < -0.39 is 0 Å². The summed E-state index contributed by atoms with van der Waals surface area (Å²) in [5, 5.41) is 0.914. The molecular formula is C18H18Cl2N2O2. The van der Waals surface area contributed by atoms with Crippen LogP contribution in [0.5, 0.6) is 5.75 Å². The molecule has 0 aromatic heterocycles. The summed E-state index contributed by atoms with van der Waals surface area (Å²) < 4.78 is 5.42. The van der Waals surface area contributed by atoms with Gasteiger partial charge in [0.2, 0.25) is 0 Å². The Hall–Kier alpha value is -1.91. The van der Waals surface area contributed by atoms with Gasteiger partial charge in [0.05, 0.1) is 23.4 Å². The standard InChI is InChI=1S/C18H18Cl2N2O2/c1-24-17-5-3-2-4-16(17)21-8-10-22(11-9-21)18(23)14-7-6-13(19)12-15(14)20/h2-7,12H,8-11H2,1H3. The lowest BCUT2D eigenvalue weighted by atomic mass is 10.1. The smallest absolute Gasteiger partial charge is 0.255 e. The second kappa shape index (κ2) is 7.32. The topological polar surface area (TPSA) is 32.8 Å². The van der Waals surface area contributed by atoms with Crippen molar-refractivity contribution in [2.45, 2.75) is 0 Å². The largest absolute Gasteiger partial charge is 0.495 e. The average molecular weight is 365 g/mol. The van der Waals surface area contributed by atoms with Crippen LogP contribution in [-0.4, -0.2) is 44.1 Å². The number of piperazine rings is 1. The van der Waals surface area contributed by atoms with Crippen LogP contribution in [0.4, 0.5) is 5.69 Å². The molecule has 6 heteroatoms. The lowest BCUT2D eigenvalue weighted by molar-refractivity contribution is 0.0747. The van der Waals surface area contributed by atoms with Crippen LogP contribution in [0.3, 0.4) is 0 Å². The molecule has 0 bridgehead atoms. The van der Waals surface area contributed by atoms with E-state index in [-0.39, 0.29) is 5.91 Å². The van der Waals surface area contributed by atoms with Crippen molar-refractivity contribution in [2.24, 2.45) is 0 Å². The van der Waals surface area contributed by atoms with E-state index >= 15 is 0 Å². The molecule has 24 heavy (non-hydrogen) atoms. The number of methoxy groups -OCH3 is 1. The molecule has 1 heterocycles. The van der Waals surface area contributed by atoms with Gasteiger partial charge >= 0.3 is 0 Å². The number of anilines is 1. The Morgan fingerprint density at radius 3 is 2.42 bits per heavy atom. The fraction of sp³-hybridized carbons (Fsp3) is 0.278. The third-order valence-electron chi connectivity index (χ3n) is 4.15. The van der Waals surface area contributed by atoms with Gasteiger partial charge in [0.15, 0.2) is 0 Å². The molecule has 2 aromatic rings. The molecule has 0 atom stereocenters. The van der Waals surface area contributed by atoms with Crippen LogP contribution < -0.4 is 9.64 Å². The number of ether oxygens (including phenoxy) is 1. The molecule has 0 spiro atoms. The summed E-state index contributed by atoms with van der Waals surface area (Å²) in [5.74, 6) is 0.786. The van der Waals surface area contributed by atoms with Crippen molar-refractivity contribution in [1.29, 1.82) is 0 Å². The molecule has 0 saturated carbocycles. The van der Waals surface area contributed by atoms with E-state index in [0.29, 0.717) is 28.7 Å². The number of nitrogens with zero attached hydrogens (tertiary/aromatic N) is 2. The van der Waals surface area contributed by atoms with Gasteiger partial charge < -0.3 is 14.5 Å². The first kappa shape index (κ1) is 16.9. The Morgan fingerprint density at radius 2 is 1.75 bits per heavy atom. The molecule has 1 saturated heterocycles. The zero-order valence-electron chi connectivity index (χ0n) is 13.3. The molecule has 2 aromatic carbocycles. The van der Waals surface area contributed by atoms with E-state index in [9.17, 15) is 4.79 Å². The highest BCUT2D eigenvalue weighted by Crippen LogP contribution is 2.29. The lowest BCUT2D eigenvalue weighted by Crippen LogP contribution is -2.49. The summed E-state index contributed by atoms with van der Waals surface area (Å²) in [6.07, 6.45) is 0. The molecule has 3 rings (SSSR count). The minimum absolute atomic E-state index is 0.0589. The number of hydrogen-bond donors (Lipinski definition) is 0. The molecule has 0 unspecified atom stereocenters. The molecule has 0 aliphatic carbocycles. The monoisotopic (exact) mass is 364 g/mol. The summed E-state index contributed by atoms with van der Waals surface area (Å²) in [6, 6.07) is 12.9. The number of amides is 1. The van der Waals surface area contributed by atoms with Crippen LogP contribution in [0.15, 0.2) is 42.5 Å². The van der Waals surface area contributed by atoms with Crippen molar-refractivity contribution in [1.82, 2.24) is 4.90 Å². The van der Waals surface area contributed by atoms with Gasteiger partial charge in [0.25, 0.3) is 5.91 Å². The Morgan fingerprint density at radius 1 is 1.04 bits per heavy atom. The first-order chi connectivity index (χ1) is 11.6. The van der Waals surface area contributed by atoms with Crippen molar-refractivity contribution >= 4 is 34.8 Å². The van der Waals surface area contributed by atoms with Gasteiger partial charge in [-0.25, -0.2) is 0 Å². The maximum atomic E-state index is 12.7. The summed E-state index contributed by atoms with van der Waals surface area (Å²) in [5.41, 5.74) is 1.54. The molecule has 0 N–H and O–H groups in total. The fourth-order valence-electron chi connectivity index (χ4n) is 2.87. The molecule has 1 aliphatic rings. The Balaban J connectivity index is 1.69. The van der Waals surface area contributed by atoms with Gasteiger partial charge in [-0.1, -0.05) is 35.3 Å². The van der Waals surface area contributed by atoms with Gasteiger partial charge in [-0.05, 0) is 30.3 Å². The van der Waals surface area contributed by atoms with Gasteiger partial charge in [-0.3, -0.25) is 4.79 Å². The minimum Gasteiger partial charge on any atom is -0.495 e. The average Bonchev–Trinajstić information content (AvgIpc) is 2.61. The summed E-state index contributed by atoms with van der Waals surface area (Å²) >= 11 is 12.0. The number of hydrogen-bond acceptors (Lipinski definition) is 3. The van der Waals surface area contributed by atoms with Crippen molar-refractivity contribution in [3.63, 3.8) is 0 Å². The molecule has 1 fully saturated rings. The third-order valence-corrected chi connectivity index (χ3v) is 4.70. The van der Waals surface area contributed by atoms with Crippen LogP contribution in [0.2, 0.25) is 10.0 Å². The number of benzene rings is 2. The van der Waals surface area contributed by atoms with Crippen molar-refractivity contribution in [3.8, 4) is 5.75 Å². The first-order valence-electron chi connectivity index (χ1n) is 7.72. The second-order valence-corrected chi connectivity index (χ2v) is 6.42. The van der Waals surface area contributed by atoms with Gasteiger partial charge in [-0.15, -0.1) is 0 Å². The SMILES string of the molecule is COc1ccccc1N1CCN(C(=O)c2ccc(Cl)cc2Cl)CC1. The van der Waals surface area contributed by atoms with E-state index in [4.69, 9.17) is 27.9 Å². The van der Waals surface area contributed by atoms with Crippen molar-refractivity contribution in [3.05, 3.63) is 58.1 Å². The van der Waals surface area contributed by atoms with E-state index in [1.54, 1.807) is 25.3 Å². The van der Waals surface area contributed by atoms with Crippen molar-refractivity contribution in [2.75, 3.05) is 38.2 Å². The van der Waals surface area contributed by atoms with Crippen LogP contribution in [0.1, 0.15) is 10.4 Å². The lowest BCUT2D eigenvalue weighted by Gasteiger charge is -2.36. The van der Waals surface area contributed by atoms with Crippen LogP contribution in [-0.2, 0) is 0 Å². The summed E-state index contributed by atoms with van der Waals surface area (Å²) in [7, 11) is 1.67. The second-order valence-electron chi connectivity index (χ2n) is 5.58. The highest BCUT2D eigenvalue weighted by atomic mass is 35.5. The number of para-hydroxylation sites is 2. The van der Waals surface area contributed by atoms with Crippen molar-refractivity contribution < 1.29 is 9.53 Å². The highest BCUT2D eigenvalue weighted by Gasteiger charge is 2.24. The van der Waals surface area contributed by atoms with E-state index in [2.05, 4.69) is 4.90 Å². The highest BCUT2D eigenvalue weighted by molar-refractivity contribution is 6.36. The molecule has 4 nitrogen and oxygen atoms in total. The van der Waals surface area contributed by atoms with Gasteiger partial charge in [0, 0.05) is 31.2 Å². The van der Waals surface area contributed by atoms with Gasteiger partial charge in [0.1, 0.15) is 5.75 Å². The first-order valence-corrected chi connectivity index (χ1v) is 8.48. The fourth-order valence-corrected chi connectivity index (χ4v) is 3.36. The Kier molecular flexibility index (Phi) is 5.17. The minimum atomic E-state index is -0.0589. The quantitative estimate of drug-likeness (QED) is 0.825. The van der Waals surface area contributed by atoms with Gasteiger partial charge in [-0.2, -0.15) is 0 Å². The normalized spacial score (nSPS) is 14.6. The molecule has 1 aliphatic heterocycles. The van der Waals surface area contributed by atoms with E-state index in [1.807, 2.05) is 29.2 Å². The van der Waals surface area contributed by atoms with Crippen LogP contribution in [0.25, 0.3) is 0 Å². The Bertz CT molecular complexity index is 744. The predicted octanol–water partition coefficient (Wildman–Crippen LogP) is 3.96. The zero-order valence-corrected chi connectivity index (χ0v) is 14.8. The number of carbonyl (C=O) groups excluding carboxylic acids is 1. The molecular weight excluding hydrogens is 347 g/mol. The zero-order chi connectivity index (χ0) is 17.1. The molecule has 126 valence electrons. The Labute approximate surface area is 151 Å².